The molecule has 1 aromatic heterocycles. The molecule has 0 unspecified atom stereocenters. The monoisotopic (exact) mass is 557 g/mol. The van der Waals surface area contributed by atoms with E-state index in [4.69, 9.17) is 9.73 Å². The number of aromatic nitrogens is 1. The van der Waals surface area contributed by atoms with Crippen molar-refractivity contribution in [3.8, 4) is 5.88 Å². The van der Waals surface area contributed by atoms with Gasteiger partial charge < -0.3 is 14.8 Å². The Morgan fingerprint density at radius 1 is 1.05 bits per heavy atom. The van der Waals surface area contributed by atoms with Gasteiger partial charge in [-0.3, -0.25) is 14.9 Å². The zero-order valence-corrected chi connectivity index (χ0v) is 23.4. The van der Waals surface area contributed by atoms with Crippen LogP contribution in [-0.4, -0.2) is 55.4 Å². The first-order chi connectivity index (χ1) is 19.3. The normalized spacial score (nSPS) is 11.8. The summed E-state index contributed by atoms with van der Waals surface area (Å²) < 4.78 is 5.38. The van der Waals surface area contributed by atoms with E-state index in [-0.39, 0.29) is 24.0 Å². The van der Waals surface area contributed by atoms with Gasteiger partial charge in [-0.25, -0.2) is 19.8 Å². The van der Waals surface area contributed by atoms with E-state index in [0.29, 0.717) is 33.4 Å². The van der Waals surface area contributed by atoms with Crippen molar-refractivity contribution in [2.45, 2.75) is 39.8 Å². The number of nitrogens with one attached hydrogen (secondary N) is 1. The minimum Gasteiger partial charge on any atom is -0.494 e. The molecule has 2 N–H and O–H groups in total. The molecule has 0 aliphatic carbocycles. The van der Waals surface area contributed by atoms with E-state index in [1.54, 1.807) is 51.1 Å². The van der Waals surface area contributed by atoms with Crippen molar-refractivity contribution in [2.24, 2.45) is 4.99 Å². The van der Waals surface area contributed by atoms with Crippen LogP contribution in [0.2, 0.25) is 0 Å². The third-order valence-corrected chi connectivity index (χ3v) is 6.15. The molecule has 11 heteroatoms. The van der Waals surface area contributed by atoms with Gasteiger partial charge in [0.05, 0.1) is 28.4 Å². The number of hydrogen-bond acceptors (Lipinski definition) is 7. The number of benzene rings is 3. The number of aliphatic imine (C=N–C) groups is 1. The van der Waals surface area contributed by atoms with E-state index in [1.165, 1.54) is 31.1 Å². The van der Waals surface area contributed by atoms with Crippen LogP contribution < -0.4 is 0 Å². The van der Waals surface area contributed by atoms with Gasteiger partial charge in [-0.1, -0.05) is 42.5 Å². The first kappa shape index (κ1) is 28.8. The fourth-order valence-electron chi connectivity index (χ4n) is 4.21. The van der Waals surface area contributed by atoms with Crippen molar-refractivity contribution < 1.29 is 24.4 Å². The van der Waals surface area contributed by atoms with Gasteiger partial charge in [0.25, 0.3) is 5.69 Å². The molecule has 1 heterocycles. The fraction of sp³-hybridized carbons (Fsp3) is 0.233. The second-order valence-corrected chi connectivity index (χ2v) is 10.4. The minimum absolute atomic E-state index is 0.110. The molecule has 2 amide bonds. The van der Waals surface area contributed by atoms with E-state index in [1.807, 2.05) is 30.3 Å². The summed E-state index contributed by atoms with van der Waals surface area (Å²) in [5.74, 6) is -0.502. The second-order valence-electron chi connectivity index (χ2n) is 10.4. The Morgan fingerprint density at radius 2 is 1.71 bits per heavy atom. The number of nitro groups is 1. The van der Waals surface area contributed by atoms with Crippen LogP contribution in [0, 0.1) is 10.1 Å². The number of fused-ring (bicyclic) bond motifs is 1. The summed E-state index contributed by atoms with van der Waals surface area (Å²) in [6.45, 7) is 6.72. The zero-order valence-electron chi connectivity index (χ0n) is 23.4. The molecule has 0 atom stereocenters. The molecule has 11 nitrogen and oxygen atoms in total. The Bertz CT molecular complexity index is 1620. The molecule has 0 fully saturated rings. The molecule has 0 aliphatic heterocycles. The number of amides is 2. The number of aromatic amines is 1. The van der Waals surface area contributed by atoms with Gasteiger partial charge in [0.1, 0.15) is 5.60 Å². The molecular weight excluding hydrogens is 526 g/mol. The molecule has 0 radical (unpaired) electrons. The predicted octanol–water partition coefficient (Wildman–Crippen LogP) is 6.08. The summed E-state index contributed by atoms with van der Waals surface area (Å²) in [6.07, 6.45) is -0.653. The van der Waals surface area contributed by atoms with Crippen LogP contribution in [0.4, 0.5) is 16.2 Å². The standard InChI is InChI=1S/C30H31N5O6/c1-19(36)34(33(5)29(38)41-30(2,3)4)18-20-11-13-22(14-12-20)31-27(21-9-7-6-8-10-21)26-24-17-23(35(39)40)15-16-25(24)32-28(26)37/h6-17,32,37H,18H2,1-5H3. The van der Waals surface area contributed by atoms with Gasteiger partial charge in [-0.05, 0) is 44.5 Å². The Kier molecular flexibility index (Phi) is 8.08. The van der Waals surface area contributed by atoms with E-state index in [0.717, 1.165) is 10.6 Å². The van der Waals surface area contributed by atoms with Crippen LogP contribution >= 0.6 is 0 Å². The van der Waals surface area contributed by atoms with Gasteiger partial charge in [-0.2, -0.15) is 0 Å². The second kappa shape index (κ2) is 11.5. The van der Waals surface area contributed by atoms with E-state index in [9.17, 15) is 24.8 Å². The number of rotatable bonds is 6. The average Bonchev–Trinajstić information content (AvgIpc) is 3.24. The molecule has 4 aromatic rings. The number of nitrogens with zero attached hydrogens (tertiary/aromatic N) is 4. The van der Waals surface area contributed by atoms with Crippen LogP contribution in [0.5, 0.6) is 5.88 Å². The number of nitro benzene ring substituents is 1. The van der Waals surface area contributed by atoms with Gasteiger partial charge in [0, 0.05) is 42.6 Å². The van der Waals surface area contributed by atoms with Crippen molar-refractivity contribution >= 4 is 40.0 Å². The van der Waals surface area contributed by atoms with Gasteiger partial charge in [0.15, 0.2) is 5.88 Å². The maximum absolute atomic E-state index is 12.5. The van der Waals surface area contributed by atoms with E-state index in [2.05, 4.69) is 4.98 Å². The summed E-state index contributed by atoms with van der Waals surface area (Å²) in [7, 11) is 1.47. The number of aromatic hydroxyl groups is 1. The number of hydrogen-bond donors (Lipinski definition) is 2. The molecule has 0 spiro atoms. The summed E-state index contributed by atoms with van der Waals surface area (Å²) >= 11 is 0. The lowest BCUT2D eigenvalue weighted by atomic mass is 10.0. The molecule has 212 valence electrons. The molecule has 41 heavy (non-hydrogen) atoms. The zero-order chi connectivity index (χ0) is 29.9. The highest BCUT2D eigenvalue weighted by Crippen LogP contribution is 2.33. The van der Waals surface area contributed by atoms with Crippen molar-refractivity contribution in [3.05, 3.63) is 99.6 Å². The lowest BCUT2D eigenvalue weighted by Crippen LogP contribution is -2.47. The summed E-state index contributed by atoms with van der Waals surface area (Å²) in [4.78, 5) is 43.5. The van der Waals surface area contributed by atoms with Gasteiger partial charge in [-0.15, -0.1) is 0 Å². The van der Waals surface area contributed by atoms with Gasteiger partial charge in [0.2, 0.25) is 5.91 Å². The fourth-order valence-corrected chi connectivity index (χ4v) is 4.21. The molecule has 0 aliphatic rings. The number of carbonyl (C=O) groups excluding carboxylic acids is 2. The van der Waals surface area contributed by atoms with Crippen molar-refractivity contribution in [2.75, 3.05) is 7.05 Å². The van der Waals surface area contributed by atoms with Crippen LogP contribution in [0.25, 0.3) is 10.9 Å². The molecule has 0 bridgehead atoms. The Balaban J connectivity index is 1.70. The number of non-ortho nitro benzene ring substituents is 1. The highest BCUT2D eigenvalue weighted by Gasteiger charge is 2.26. The summed E-state index contributed by atoms with van der Waals surface area (Å²) in [6, 6.07) is 20.6. The maximum Gasteiger partial charge on any atom is 0.429 e. The largest absolute Gasteiger partial charge is 0.494 e. The predicted molar refractivity (Wildman–Crippen MR) is 155 cm³/mol. The summed E-state index contributed by atoms with van der Waals surface area (Å²) in [5, 5.41) is 25.2. The van der Waals surface area contributed by atoms with Crippen LogP contribution in [0.3, 0.4) is 0 Å². The SMILES string of the molecule is CC(=O)N(Cc1ccc(N=C(c2ccccc2)c2c(O)[nH]c3ccc([N+](=O)[O-])cc23)cc1)N(C)C(=O)OC(C)(C)C. The van der Waals surface area contributed by atoms with Crippen molar-refractivity contribution in [1.82, 2.24) is 15.0 Å². The molecule has 4 rings (SSSR count). The molecule has 0 saturated heterocycles. The Morgan fingerprint density at radius 3 is 2.29 bits per heavy atom. The third-order valence-electron chi connectivity index (χ3n) is 6.15. The molecule has 3 aromatic carbocycles. The number of carbonyl (C=O) groups is 2. The maximum atomic E-state index is 12.5. The molecule has 0 saturated carbocycles. The highest BCUT2D eigenvalue weighted by atomic mass is 16.6. The first-order valence-corrected chi connectivity index (χ1v) is 12.8. The average molecular weight is 558 g/mol. The van der Waals surface area contributed by atoms with Gasteiger partial charge >= 0.3 is 6.09 Å². The molecular formula is C30H31N5O6. The lowest BCUT2D eigenvalue weighted by Gasteiger charge is -2.32. The van der Waals surface area contributed by atoms with E-state index < -0.39 is 16.6 Å². The van der Waals surface area contributed by atoms with Crippen molar-refractivity contribution in [1.29, 1.82) is 0 Å². The quantitative estimate of drug-likeness (QED) is 0.167. The van der Waals surface area contributed by atoms with Crippen LogP contribution in [0.15, 0.2) is 77.8 Å². The van der Waals surface area contributed by atoms with Crippen molar-refractivity contribution in [3.63, 3.8) is 0 Å². The Labute approximate surface area is 236 Å². The number of H-pyrrole nitrogens is 1. The minimum atomic E-state index is -0.714. The van der Waals surface area contributed by atoms with E-state index >= 15 is 0 Å². The lowest BCUT2D eigenvalue weighted by molar-refractivity contribution is -0.384. The third kappa shape index (κ3) is 6.70. The van der Waals surface area contributed by atoms with Crippen LogP contribution in [-0.2, 0) is 16.1 Å². The number of hydrazine groups is 1. The topological polar surface area (TPSA) is 141 Å². The first-order valence-electron chi connectivity index (χ1n) is 12.8. The smallest absolute Gasteiger partial charge is 0.429 e. The van der Waals surface area contributed by atoms with Crippen LogP contribution in [0.1, 0.15) is 44.4 Å². The number of ether oxygens (including phenoxy) is 1. The summed E-state index contributed by atoms with van der Waals surface area (Å²) in [5.41, 5.74) is 2.43. The Hall–Kier alpha value is -5.19. The highest BCUT2D eigenvalue weighted by molar-refractivity contribution is 6.22.